The number of nitrogens with one attached hydrogen (secondary N) is 2. The van der Waals surface area contributed by atoms with Crippen LogP contribution in [0.4, 0.5) is 5.82 Å². The molecule has 21 heavy (non-hydrogen) atoms. The molecular weight excluding hydrogens is 314 g/mol. The molecule has 1 saturated heterocycles. The summed E-state index contributed by atoms with van der Waals surface area (Å²) >= 11 is 5.91. The summed E-state index contributed by atoms with van der Waals surface area (Å²) in [5.41, 5.74) is 0.373. The summed E-state index contributed by atoms with van der Waals surface area (Å²) in [6, 6.07) is 2.75. The van der Waals surface area contributed by atoms with E-state index in [9.17, 15) is 13.2 Å². The number of sulfone groups is 1. The second-order valence-corrected chi connectivity index (χ2v) is 7.68. The van der Waals surface area contributed by atoms with E-state index in [1.54, 1.807) is 6.07 Å². The molecule has 1 atom stereocenters. The lowest BCUT2D eigenvalue weighted by atomic mass is 10.2. The predicted molar refractivity (Wildman–Crippen MR) is 82.6 cm³/mol. The molecule has 6 nitrogen and oxygen atoms in total. The summed E-state index contributed by atoms with van der Waals surface area (Å²) in [7, 11) is -3.02. The summed E-state index contributed by atoms with van der Waals surface area (Å²) in [4.78, 5) is 16.3. The number of carbonyl (C=O) groups is 1. The molecule has 1 aromatic heterocycles. The van der Waals surface area contributed by atoms with Crippen LogP contribution in [0, 0.1) is 0 Å². The third kappa shape index (κ3) is 4.57. The molecule has 0 aromatic carbocycles. The van der Waals surface area contributed by atoms with E-state index in [-0.39, 0.29) is 28.6 Å². The van der Waals surface area contributed by atoms with Gasteiger partial charge in [-0.15, -0.1) is 0 Å². The Morgan fingerprint density at radius 1 is 1.48 bits per heavy atom. The number of hydrogen-bond donors (Lipinski definition) is 2. The zero-order valence-electron chi connectivity index (χ0n) is 11.7. The fraction of sp³-hybridized carbons (Fsp3) is 0.538. The quantitative estimate of drug-likeness (QED) is 0.798. The van der Waals surface area contributed by atoms with Gasteiger partial charge in [-0.05, 0) is 25.0 Å². The van der Waals surface area contributed by atoms with Crippen molar-refractivity contribution in [3.05, 3.63) is 22.8 Å². The van der Waals surface area contributed by atoms with Gasteiger partial charge in [0.1, 0.15) is 11.0 Å². The maximum absolute atomic E-state index is 12.2. The van der Waals surface area contributed by atoms with Gasteiger partial charge in [0, 0.05) is 18.2 Å². The minimum absolute atomic E-state index is 0.00149. The van der Waals surface area contributed by atoms with Crippen LogP contribution in [-0.4, -0.2) is 43.4 Å². The van der Waals surface area contributed by atoms with Crippen molar-refractivity contribution in [2.45, 2.75) is 25.8 Å². The van der Waals surface area contributed by atoms with Gasteiger partial charge in [-0.3, -0.25) is 4.79 Å². The SMILES string of the molecule is CCCNc1cc(C(=O)NC2CCS(=O)(=O)C2)cc(Cl)n1. The van der Waals surface area contributed by atoms with Crippen LogP contribution in [0.5, 0.6) is 0 Å². The first-order valence-electron chi connectivity index (χ1n) is 6.82. The number of carbonyl (C=O) groups excluding carboxylic acids is 1. The fourth-order valence-corrected chi connectivity index (χ4v) is 4.03. The van der Waals surface area contributed by atoms with Crippen LogP contribution in [-0.2, 0) is 9.84 Å². The minimum atomic E-state index is -3.02. The Balaban J connectivity index is 2.06. The second kappa shape index (κ2) is 6.62. The summed E-state index contributed by atoms with van der Waals surface area (Å²) < 4.78 is 22.8. The summed E-state index contributed by atoms with van der Waals surface area (Å²) in [5.74, 6) is 0.325. The molecule has 2 N–H and O–H groups in total. The van der Waals surface area contributed by atoms with Crippen molar-refractivity contribution in [3.63, 3.8) is 0 Å². The van der Waals surface area contributed by atoms with E-state index in [0.29, 0.717) is 17.8 Å². The largest absolute Gasteiger partial charge is 0.370 e. The van der Waals surface area contributed by atoms with Gasteiger partial charge in [0.05, 0.1) is 11.5 Å². The van der Waals surface area contributed by atoms with Gasteiger partial charge in [0.25, 0.3) is 5.91 Å². The van der Waals surface area contributed by atoms with Crippen molar-refractivity contribution in [2.75, 3.05) is 23.4 Å². The van der Waals surface area contributed by atoms with Crippen LogP contribution >= 0.6 is 11.6 Å². The van der Waals surface area contributed by atoms with Gasteiger partial charge in [-0.25, -0.2) is 13.4 Å². The number of nitrogens with zero attached hydrogens (tertiary/aromatic N) is 1. The van der Waals surface area contributed by atoms with Crippen molar-refractivity contribution in [1.82, 2.24) is 10.3 Å². The molecule has 1 amide bonds. The molecule has 0 radical (unpaired) electrons. The van der Waals surface area contributed by atoms with E-state index < -0.39 is 9.84 Å². The smallest absolute Gasteiger partial charge is 0.251 e. The minimum Gasteiger partial charge on any atom is -0.370 e. The van der Waals surface area contributed by atoms with E-state index in [0.717, 1.165) is 13.0 Å². The first-order valence-corrected chi connectivity index (χ1v) is 9.02. The number of pyridine rings is 1. The van der Waals surface area contributed by atoms with Crippen LogP contribution in [0.2, 0.25) is 5.15 Å². The van der Waals surface area contributed by atoms with E-state index in [4.69, 9.17) is 11.6 Å². The number of rotatable bonds is 5. The number of anilines is 1. The molecule has 1 unspecified atom stereocenters. The molecule has 0 aliphatic carbocycles. The molecule has 8 heteroatoms. The highest BCUT2D eigenvalue weighted by Crippen LogP contribution is 2.16. The maximum Gasteiger partial charge on any atom is 0.251 e. The van der Waals surface area contributed by atoms with Crippen LogP contribution in [0.15, 0.2) is 12.1 Å². The molecule has 1 aliphatic rings. The summed E-state index contributed by atoms with van der Waals surface area (Å²) in [6.07, 6.45) is 1.38. The van der Waals surface area contributed by atoms with Crippen molar-refractivity contribution in [3.8, 4) is 0 Å². The average molecular weight is 332 g/mol. The van der Waals surface area contributed by atoms with Gasteiger partial charge in [0.2, 0.25) is 0 Å². The number of amides is 1. The predicted octanol–water partition coefficient (Wildman–Crippen LogP) is 1.47. The standard InChI is InChI=1S/C13H18ClN3O3S/c1-2-4-15-12-7-9(6-11(14)17-12)13(18)16-10-3-5-21(19,20)8-10/h6-7,10H,2-5,8H2,1H3,(H,15,17)(H,16,18). The Kier molecular flexibility index (Phi) is 5.05. The number of hydrogen-bond acceptors (Lipinski definition) is 5. The Labute approximate surface area is 129 Å². The van der Waals surface area contributed by atoms with E-state index >= 15 is 0 Å². The van der Waals surface area contributed by atoms with Crippen molar-refractivity contribution in [1.29, 1.82) is 0 Å². The lowest BCUT2D eigenvalue weighted by Crippen LogP contribution is -2.35. The fourth-order valence-electron chi connectivity index (χ4n) is 2.15. The van der Waals surface area contributed by atoms with Crippen LogP contribution in [0.1, 0.15) is 30.1 Å². The third-order valence-corrected chi connectivity index (χ3v) is 5.14. The molecular formula is C13H18ClN3O3S. The van der Waals surface area contributed by atoms with E-state index in [2.05, 4.69) is 15.6 Å². The van der Waals surface area contributed by atoms with Gasteiger partial charge >= 0.3 is 0 Å². The maximum atomic E-state index is 12.2. The molecule has 2 heterocycles. The Hall–Kier alpha value is -1.34. The van der Waals surface area contributed by atoms with Crippen molar-refractivity contribution < 1.29 is 13.2 Å². The molecule has 0 bridgehead atoms. The van der Waals surface area contributed by atoms with Gasteiger partial charge in [0.15, 0.2) is 9.84 Å². The lowest BCUT2D eigenvalue weighted by Gasteiger charge is -2.12. The molecule has 0 saturated carbocycles. The normalized spacial score (nSPS) is 20.2. The third-order valence-electron chi connectivity index (χ3n) is 3.18. The Morgan fingerprint density at radius 3 is 2.86 bits per heavy atom. The van der Waals surface area contributed by atoms with Crippen molar-refractivity contribution in [2.24, 2.45) is 0 Å². The van der Waals surface area contributed by atoms with Gasteiger partial charge in [-0.2, -0.15) is 0 Å². The Bertz CT molecular complexity index is 634. The molecule has 0 spiro atoms. The molecule has 1 fully saturated rings. The first-order chi connectivity index (χ1) is 9.89. The molecule has 1 aliphatic heterocycles. The van der Waals surface area contributed by atoms with Gasteiger partial charge in [-0.1, -0.05) is 18.5 Å². The lowest BCUT2D eigenvalue weighted by molar-refractivity contribution is 0.0941. The van der Waals surface area contributed by atoms with Gasteiger partial charge < -0.3 is 10.6 Å². The Morgan fingerprint density at radius 2 is 2.24 bits per heavy atom. The summed E-state index contributed by atoms with van der Waals surface area (Å²) in [5, 5.41) is 6.02. The first kappa shape index (κ1) is 16.0. The second-order valence-electron chi connectivity index (χ2n) is 5.06. The van der Waals surface area contributed by atoms with Crippen molar-refractivity contribution >= 4 is 33.2 Å². The van der Waals surface area contributed by atoms with Crippen LogP contribution in [0.3, 0.4) is 0 Å². The topological polar surface area (TPSA) is 88.2 Å². The van der Waals surface area contributed by atoms with Crippen LogP contribution in [0.25, 0.3) is 0 Å². The molecule has 1 aromatic rings. The van der Waals surface area contributed by atoms with E-state index in [1.165, 1.54) is 6.07 Å². The molecule has 2 rings (SSSR count). The highest BCUT2D eigenvalue weighted by molar-refractivity contribution is 7.91. The molecule has 116 valence electrons. The monoisotopic (exact) mass is 331 g/mol. The number of aromatic nitrogens is 1. The summed E-state index contributed by atoms with van der Waals surface area (Å²) in [6.45, 7) is 2.75. The number of halogens is 1. The highest BCUT2D eigenvalue weighted by Gasteiger charge is 2.29. The van der Waals surface area contributed by atoms with E-state index in [1.807, 2.05) is 6.92 Å². The zero-order chi connectivity index (χ0) is 15.5. The van der Waals surface area contributed by atoms with Crippen LogP contribution < -0.4 is 10.6 Å². The zero-order valence-corrected chi connectivity index (χ0v) is 13.3. The highest BCUT2D eigenvalue weighted by atomic mass is 35.5. The average Bonchev–Trinajstić information content (AvgIpc) is 2.75.